The van der Waals surface area contributed by atoms with Crippen LogP contribution in [-0.4, -0.2) is 20.9 Å². The van der Waals surface area contributed by atoms with E-state index in [9.17, 15) is 13.2 Å². The third-order valence-electron chi connectivity index (χ3n) is 5.68. The highest BCUT2D eigenvalue weighted by atomic mass is 35.5. The quantitative estimate of drug-likeness (QED) is 0.529. The lowest BCUT2D eigenvalue weighted by Crippen LogP contribution is -2.35. The normalized spacial score (nSPS) is 13.5. The molecule has 0 saturated heterocycles. The zero-order valence-electron chi connectivity index (χ0n) is 17.8. The molecule has 32 heavy (non-hydrogen) atoms. The molecule has 1 amide bonds. The van der Waals surface area contributed by atoms with Crippen molar-refractivity contribution in [2.24, 2.45) is 0 Å². The van der Waals surface area contributed by atoms with Crippen molar-refractivity contribution in [3.63, 3.8) is 0 Å². The SMILES string of the molecule is Cc1cc(Cl)ccc1NC(=O)CCc1ccc(S(=O)(=O)N2CCCc3ccccc32)cc1. The number of carbonyl (C=O) groups is 1. The smallest absolute Gasteiger partial charge is 0.264 e. The highest BCUT2D eigenvalue weighted by Gasteiger charge is 2.28. The molecule has 1 N–H and O–H groups in total. The van der Waals surface area contributed by atoms with E-state index in [1.54, 1.807) is 42.5 Å². The van der Waals surface area contributed by atoms with E-state index in [0.29, 0.717) is 24.4 Å². The van der Waals surface area contributed by atoms with Crippen molar-refractivity contribution in [1.29, 1.82) is 0 Å². The summed E-state index contributed by atoms with van der Waals surface area (Å²) in [7, 11) is -3.63. The first-order chi connectivity index (χ1) is 15.3. The van der Waals surface area contributed by atoms with Crippen LogP contribution in [0.5, 0.6) is 0 Å². The number of amides is 1. The summed E-state index contributed by atoms with van der Waals surface area (Å²) in [4.78, 5) is 12.6. The zero-order chi connectivity index (χ0) is 22.7. The number of hydrogen-bond donors (Lipinski definition) is 1. The Morgan fingerprint density at radius 1 is 1.06 bits per heavy atom. The standard InChI is InChI=1S/C25H25ClN2O3S/c1-18-17-21(26)11-14-23(18)27-25(29)15-10-19-8-12-22(13-9-19)32(30,31)28-16-4-6-20-5-2-3-7-24(20)28/h2-3,5,7-9,11-14,17H,4,6,10,15-16H2,1H3,(H,27,29). The van der Waals surface area contributed by atoms with Crippen LogP contribution in [0.4, 0.5) is 11.4 Å². The van der Waals surface area contributed by atoms with E-state index >= 15 is 0 Å². The predicted octanol–water partition coefficient (Wildman–Crippen LogP) is 5.36. The Morgan fingerprint density at radius 2 is 1.81 bits per heavy atom. The third kappa shape index (κ3) is 4.81. The first-order valence-electron chi connectivity index (χ1n) is 10.6. The summed E-state index contributed by atoms with van der Waals surface area (Å²) in [6.07, 6.45) is 2.51. The number of halogens is 1. The highest BCUT2D eigenvalue weighted by molar-refractivity contribution is 7.92. The maximum atomic E-state index is 13.2. The fraction of sp³-hybridized carbons (Fsp3) is 0.240. The molecule has 4 rings (SSSR count). The highest BCUT2D eigenvalue weighted by Crippen LogP contribution is 2.31. The van der Waals surface area contributed by atoms with E-state index in [0.717, 1.165) is 40.9 Å². The number of sulfonamides is 1. The lowest BCUT2D eigenvalue weighted by atomic mass is 10.0. The number of benzene rings is 3. The molecular formula is C25H25ClN2O3S. The van der Waals surface area contributed by atoms with Crippen molar-refractivity contribution in [1.82, 2.24) is 0 Å². The Morgan fingerprint density at radius 3 is 2.56 bits per heavy atom. The summed E-state index contributed by atoms with van der Waals surface area (Å²) in [5, 5.41) is 3.52. The summed E-state index contributed by atoms with van der Waals surface area (Å²) in [5.41, 5.74) is 4.37. The molecule has 3 aromatic carbocycles. The zero-order valence-corrected chi connectivity index (χ0v) is 19.4. The maximum absolute atomic E-state index is 13.2. The van der Waals surface area contributed by atoms with E-state index < -0.39 is 10.0 Å². The molecule has 0 unspecified atom stereocenters. The van der Waals surface area contributed by atoms with Gasteiger partial charge in [0.2, 0.25) is 5.91 Å². The molecule has 7 heteroatoms. The second-order valence-electron chi connectivity index (χ2n) is 7.96. The van der Waals surface area contributed by atoms with Crippen molar-refractivity contribution >= 4 is 38.9 Å². The van der Waals surface area contributed by atoms with Gasteiger partial charge in [-0.25, -0.2) is 8.42 Å². The number of nitrogens with one attached hydrogen (secondary N) is 1. The van der Waals surface area contributed by atoms with Crippen LogP contribution in [0, 0.1) is 6.92 Å². The van der Waals surface area contributed by atoms with Gasteiger partial charge in [0.15, 0.2) is 0 Å². The number of rotatable bonds is 6. The number of para-hydroxylation sites is 1. The summed E-state index contributed by atoms with van der Waals surface area (Å²) < 4.78 is 28.0. The van der Waals surface area contributed by atoms with Gasteiger partial charge in [-0.05, 0) is 79.3 Å². The molecule has 0 bridgehead atoms. The number of carbonyl (C=O) groups excluding carboxylic acids is 1. The van der Waals surface area contributed by atoms with Crippen molar-refractivity contribution in [2.45, 2.75) is 37.5 Å². The monoisotopic (exact) mass is 468 g/mol. The van der Waals surface area contributed by atoms with Crippen LogP contribution >= 0.6 is 11.6 Å². The molecule has 1 heterocycles. The second kappa shape index (κ2) is 9.35. The van der Waals surface area contributed by atoms with E-state index in [-0.39, 0.29) is 10.8 Å². The van der Waals surface area contributed by atoms with E-state index in [1.807, 2.05) is 31.2 Å². The Balaban J connectivity index is 1.41. The summed E-state index contributed by atoms with van der Waals surface area (Å²) in [6, 6.07) is 19.8. The van der Waals surface area contributed by atoms with Gasteiger partial charge in [0.25, 0.3) is 10.0 Å². The van der Waals surface area contributed by atoms with Gasteiger partial charge in [-0.3, -0.25) is 9.10 Å². The average Bonchev–Trinajstić information content (AvgIpc) is 2.79. The number of hydrogen-bond acceptors (Lipinski definition) is 3. The van der Waals surface area contributed by atoms with Gasteiger partial charge in [-0.15, -0.1) is 0 Å². The van der Waals surface area contributed by atoms with Gasteiger partial charge in [0.1, 0.15) is 0 Å². The molecule has 166 valence electrons. The van der Waals surface area contributed by atoms with Gasteiger partial charge in [-0.1, -0.05) is 41.9 Å². The average molecular weight is 469 g/mol. The second-order valence-corrected chi connectivity index (χ2v) is 10.3. The van der Waals surface area contributed by atoms with Gasteiger partial charge in [0, 0.05) is 23.7 Å². The minimum absolute atomic E-state index is 0.1000. The van der Waals surface area contributed by atoms with Crippen molar-refractivity contribution in [3.8, 4) is 0 Å². The topological polar surface area (TPSA) is 66.5 Å². The molecule has 0 saturated carbocycles. The lowest BCUT2D eigenvalue weighted by molar-refractivity contribution is -0.116. The lowest BCUT2D eigenvalue weighted by Gasteiger charge is -2.30. The number of anilines is 2. The first kappa shape index (κ1) is 22.4. The van der Waals surface area contributed by atoms with Crippen LogP contribution in [0.25, 0.3) is 0 Å². The van der Waals surface area contributed by atoms with Crippen LogP contribution in [-0.2, 0) is 27.7 Å². The molecule has 3 aromatic rings. The minimum Gasteiger partial charge on any atom is -0.326 e. The van der Waals surface area contributed by atoms with Crippen LogP contribution < -0.4 is 9.62 Å². The van der Waals surface area contributed by atoms with E-state index in [2.05, 4.69) is 5.32 Å². The molecule has 1 aliphatic heterocycles. The van der Waals surface area contributed by atoms with Crippen molar-refractivity contribution in [3.05, 3.63) is 88.4 Å². The van der Waals surface area contributed by atoms with Crippen LogP contribution in [0.1, 0.15) is 29.5 Å². The molecule has 0 aromatic heterocycles. The van der Waals surface area contributed by atoms with Crippen LogP contribution in [0.2, 0.25) is 5.02 Å². The van der Waals surface area contributed by atoms with Crippen molar-refractivity contribution in [2.75, 3.05) is 16.2 Å². The van der Waals surface area contributed by atoms with Gasteiger partial charge >= 0.3 is 0 Å². The molecule has 5 nitrogen and oxygen atoms in total. The molecular weight excluding hydrogens is 444 g/mol. The van der Waals surface area contributed by atoms with Gasteiger partial charge in [-0.2, -0.15) is 0 Å². The Labute approximate surface area is 194 Å². The van der Waals surface area contributed by atoms with Crippen molar-refractivity contribution < 1.29 is 13.2 Å². The molecule has 1 aliphatic rings. The Kier molecular flexibility index (Phi) is 6.53. The number of nitrogens with zero attached hydrogens (tertiary/aromatic N) is 1. The van der Waals surface area contributed by atoms with E-state index in [4.69, 9.17) is 11.6 Å². The largest absolute Gasteiger partial charge is 0.326 e. The molecule has 0 radical (unpaired) electrons. The molecule has 0 fully saturated rings. The summed E-state index contributed by atoms with van der Waals surface area (Å²) in [6.45, 7) is 2.37. The van der Waals surface area contributed by atoms with E-state index in [1.165, 1.54) is 4.31 Å². The van der Waals surface area contributed by atoms with Crippen LogP contribution in [0.3, 0.4) is 0 Å². The Bertz CT molecular complexity index is 1240. The number of aryl methyl sites for hydroxylation is 3. The first-order valence-corrected chi connectivity index (χ1v) is 12.4. The summed E-state index contributed by atoms with van der Waals surface area (Å²) >= 11 is 5.96. The van der Waals surface area contributed by atoms with Crippen LogP contribution in [0.15, 0.2) is 71.6 Å². The van der Waals surface area contributed by atoms with Gasteiger partial charge < -0.3 is 5.32 Å². The number of fused-ring (bicyclic) bond motifs is 1. The summed E-state index contributed by atoms with van der Waals surface area (Å²) in [5.74, 6) is -0.1000. The third-order valence-corrected chi connectivity index (χ3v) is 7.74. The molecule has 0 atom stereocenters. The Hall–Kier alpha value is -2.83. The van der Waals surface area contributed by atoms with Gasteiger partial charge in [0.05, 0.1) is 10.6 Å². The predicted molar refractivity (Wildman–Crippen MR) is 129 cm³/mol. The fourth-order valence-electron chi connectivity index (χ4n) is 3.94. The minimum atomic E-state index is -3.63. The fourth-order valence-corrected chi connectivity index (χ4v) is 5.71. The maximum Gasteiger partial charge on any atom is 0.264 e. The molecule has 0 spiro atoms. The molecule has 0 aliphatic carbocycles.